The number of rotatable bonds is 3. The Labute approximate surface area is 155 Å². The van der Waals surface area contributed by atoms with Gasteiger partial charge in [-0.15, -0.1) is 0 Å². The summed E-state index contributed by atoms with van der Waals surface area (Å²) in [4.78, 5) is 13.0. The molecule has 1 N–H and O–H groups in total. The largest absolute Gasteiger partial charge is 0.497 e. The highest BCUT2D eigenvalue weighted by molar-refractivity contribution is 9.10. The van der Waals surface area contributed by atoms with Gasteiger partial charge in [-0.2, -0.15) is 0 Å². The maximum absolute atomic E-state index is 5.53. The number of ether oxygens (including phenoxy) is 1. The molecule has 1 aromatic heterocycles. The molecule has 1 aromatic carbocycles. The minimum absolute atomic E-state index is 0.722. The summed E-state index contributed by atoms with van der Waals surface area (Å²) in [6.45, 7) is 3.33. The van der Waals surface area contributed by atoms with E-state index in [9.17, 15) is 0 Å². The average Bonchev–Trinajstić information content (AvgIpc) is 2.62. The molecule has 0 bridgehead atoms. The minimum Gasteiger partial charge on any atom is -0.497 e. The standard InChI is InChI=1S/C16H18BrN5OS/c1-23-14-4-2-3-13(9-14)20-16(24)22-7-5-21(6-8-22)15-18-10-12(17)11-19-15/h2-4,9-11H,5-8H2,1H3,(H,20,24). The summed E-state index contributed by atoms with van der Waals surface area (Å²) >= 11 is 8.88. The molecule has 0 unspecified atom stereocenters. The molecule has 8 heteroatoms. The van der Waals surface area contributed by atoms with Crippen LogP contribution in [0.4, 0.5) is 11.6 Å². The first-order valence-electron chi connectivity index (χ1n) is 7.58. The number of piperazine rings is 1. The summed E-state index contributed by atoms with van der Waals surface area (Å²) in [6.07, 6.45) is 3.54. The zero-order valence-corrected chi connectivity index (χ0v) is 15.7. The van der Waals surface area contributed by atoms with Gasteiger partial charge in [-0.05, 0) is 40.3 Å². The van der Waals surface area contributed by atoms with E-state index in [-0.39, 0.29) is 0 Å². The third-order valence-electron chi connectivity index (χ3n) is 3.78. The van der Waals surface area contributed by atoms with Crippen LogP contribution in [-0.2, 0) is 0 Å². The predicted molar refractivity (Wildman–Crippen MR) is 103 cm³/mol. The number of hydrogen-bond donors (Lipinski definition) is 1. The topological polar surface area (TPSA) is 53.5 Å². The number of benzene rings is 1. The van der Waals surface area contributed by atoms with Gasteiger partial charge < -0.3 is 19.9 Å². The van der Waals surface area contributed by atoms with E-state index in [0.717, 1.165) is 53.1 Å². The second kappa shape index (κ2) is 7.76. The van der Waals surface area contributed by atoms with Gasteiger partial charge in [0.25, 0.3) is 0 Å². The van der Waals surface area contributed by atoms with Crippen LogP contribution >= 0.6 is 28.1 Å². The number of aromatic nitrogens is 2. The summed E-state index contributed by atoms with van der Waals surface area (Å²) in [5.41, 5.74) is 0.929. The lowest BCUT2D eigenvalue weighted by Crippen LogP contribution is -2.50. The average molecular weight is 408 g/mol. The van der Waals surface area contributed by atoms with Crippen LogP contribution in [-0.4, -0.2) is 53.3 Å². The Morgan fingerprint density at radius 1 is 1.21 bits per heavy atom. The van der Waals surface area contributed by atoms with Crippen molar-refractivity contribution in [2.45, 2.75) is 0 Å². The lowest BCUT2D eigenvalue weighted by Gasteiger charge is -2.36. The Bertz CT molecular complexity index is 704. The maximum atomic E-state index is 5.53. The van der Waals surface area contributed by atoms with Crippen LogP contribution in [0.5, 0.6) is 5.75 Å². The Morgan fingerprint density at radius 2 is 1.92 bits per heavy atom. The molecule has 0 spiro atoms. The molecular weight excluding hydrogens is 390 g/mol. The number of halogens is 1. The van der Waals surface area contributed by atoms with Gasteiger partial charge in [0.2, 0.25) is 5.95 Å². The molecule has 0 atom stereocenters. The molecule has 1 aliphatic rings. The van der Waals surface area contributed by atoms with Crippen molar-refractivity contribution in [3.8, 4) is 5.75 Å². The van der Waals surface area contributed by atoms with Crippen molar-refractivity contribution in [1.82, 2.24) is 14.9 Å². The fourth-order valence-corrected chi connectivity index (χ4v) is 2.99. The van der Waals surface area contributed by atoms with Gasteiger partial charge in [0.15, 0.2) is 5.11 Å². The quantitative estimate of drug-likeness (QED) is 0.784. The summed E-state index contributed by atoms with van der Waals surface area (Å²) in [7, 11) is 1.65. The van der Waals surface area contributed by atoms with Crippen LogP contribution < -0.4 is 15.0 Å². The Balaban J connectivity index is 1.55. The lowest BCUT2D eigenvalue weighted by molar-refractivity contribution is 0.388. The molecule has 24 heavy (non-hydrogen) atoms. The molecule has 0 radical (unpaired) electrons. The van der Waals surface area contributed by atoms with Crippen LogP contribution in [0.2, 0.25) is 0 Å². The molecule has 0 saturated carbocycles. The molecular formula is C16H18BrN5OS. The lowest BCUT2D eigenvalue weighted by atomic mass is 10.3. The molecule has 1 aliphatic heterocycles. The zero-order chi connectivity index (χ0) is 16.9. The normalized spacial score (nSPS) is 14.4. The molecule has 3 rings (SSSR count). The van der Waals surface area contributed by atoms with Crippen molar-refractivity contribution in [2.75, 3.05) is 43.5 Å². The first-order chi connectivity index (χ1) is 11.7. The third-order valence-corrected chi connectivity index (χ3v) is 4.55. The van der Waals surface area contributed by atoms with Gasteiger partial charge in [0.1, 0.15) is 5.75 Å². The van der Waals surface area contributed by atoms with Crippen LogP contribution in [0.3, 0.4) is 0 Å². The van der Waals surface area contributed by atoms with E-state index < -0.39 is 0 Å². The van der Waals surface area contributed by atoms with Crippen molar-refractivity contribution < 1.29 is 4.74 Å². The number of thiocarbonyl (C=S) groups is 1. The fourth-order valence-electron chi connectivity index (χ4n) is 2.48. The van der Waals surface area contributed by atoms with Gasteiger partial charge in [-0.3, -0.25) is 0 Å². The Kier molecular flexibility index (Phi) is 5.47. The van der Waals surface area contributed by atoms with E-state index >= 15 is 0 Å². The van der Waals surface area contributed by atoms with Gasteiger partial charge in [0, 0.05) is 50.3 Å². The van der Waals surface area contributed by atoms with Crippen molar-refractivity contribution in [3.05, 3.63) is 41.1 Å². The molecule has 2 heterocycles. The van der Waals surface area contributed by atoms with Crippen molar-refractivity contribution in [1.29, 1.82) is 0 Å². The van der Waals surface area contributed by atoms with Crippen molar-refractivity contribution >= 4 is 44.9 Å². The number of hydrogen-bond acceptors (Lipinski definition) is 5. The van der Waals surface area contributed by atoms with Crippen LogP contribution in [0.1, 0.15) is 0 Å². The van der Waals surface area contributed by atoms with E-state index in [1.54, 1.807) is 19.5 Å². The molecule has 6 nitrogen and oxygen atoms in total. The predicted octanol–water partition coefficient (Wildman–Crippen LogP) is 2.77. The van der Waals surface area contributed by atoms with Crippen molar-refractivity contribution in [2.24, 2.45) is 0 Å². The van der Waals surface area contributed by atoms with Gasteiger partial charge >= 0.3 is 0 Å². The fraction of sp³-hybridized carbons (Fsp3) is 0.312. The summed E-state index contributed by atoms with van der Waals surface area (Å²) in [5.74, 6) is 1.56. The molecule has 0 amide bonds. The van der Waals surface area contributed by atoms with E-state index in [1.807, 2.05) is 24.3 Å². The Morgan fingerprint density at radius 3 is 2.58 bits per heavy atom. The second-order valence-electron chi connectivity index (χ2n) is 5.34. The molecule has 1 fully saturated rings. The maximum Gasteiger partial charge on any atom is 0.225 e. The minimum atomic E-state index is 0.722. The summed E-state index contributed by atoms with van der Waals surface area (Å²) in [5, 5.41) is 3.99. The first kappa shape index (κ1) is 16.9. The highest BCUT2D eigenvalue weighted by atomic mass is 79.9. The number of nitrogens with one attached hydrogen (secondary N) is 1. The SMILES string of the molecule is COc1cccc(NC(=S)N2CCN(c3ncc(Br)cn3)CC2)c1. The zero-order valence-electron chi connectivity index (χ0n) is 13.3. The smallest absolute Gasteiger partial charge is 0.225 e. The van der Waals surface area contributed by atoms with Gasteiger partial charge in [0.05, 0.1) is 11.6 Å². The van der Waals surface area contributed by atoms with Crippen LogP contribution in [0.15, 0.2) is 41.1 Å². The molecule has 1 saturated heterocycles. The monoisotopic (exact) mass is 407 g/mol. The highest BCUT2D eigenvalue weighted by Gasteiger charge is 2.20. The molecule has 2 aromatic rings. The number of nitrogens with zero attached hydrogens (tertiary/aromatic N) is 4. The summed E-state index contributed by atoms with van der Waals surface area (Å²) in [6, 6.07) is 7.75. The van der Waals surface area contributed by atoms with Gasteiger partial charge in [-0.1, -0.05) is 6.07 Å². The number of methoxy groups -OCH3 is 1. The van der Waals surface area contributed by atoms with Gasteiger partial charge in [-0.25, -0.2) is 9.97 Å². The second-order valence-corrected chi connectivity index (χ2v) is 6.64. The molecule has 0 aliphatic carbocycles. The van der Waals surface area contributed by atoms with Crippen molar-refractivity contribution in [3.63, 3.8) is 0 Å². The molecule has 126 valence electrons. The first-order valence-corrected chi connectivity index (χ1v) is 8.78. The van der Waals surface area contributed by atoms with Crippen LogP contribution in [0.25, 0.3) is 0 Å². The Hall–Kier alpha value is -1.93. The van der Waals surface area contributed by atoms with E-state index in [0.29, 0.717) is 0 Å². The summed E-state index contributed by atoms with van der Waals surface area (Å²) < 4.78 is 6.12. The van der Waals surface area contributed by atoms with E-state index in [1.165, 1.54) is 0 Å². The van der Waals surface area contributed by atoms with E-state index in [2.05, 4.69) is 41.0 Å². The number of anilines is 2. The third kappa shape index (κ3) is 4.12. The highest BCUT2D eigenvalue weighted by Crippen LogP contribution is 2.18. The van der Waals surface area contributed by atoms with E-state index in [4.69, 9.17) is 17.0 Å². The van der Waals surface area contributed by atoms with Crippen LogP contribution in [0, 0.1) is 0 Å².